The second kappa shape index (κ2) is 8.65. The van der Waals surface area contributed by atoms with Crippen molar-refractivity contribution in [1.29, 1.82) is 0 Å². The summed E-state index contributed by atoms with van der Waals surface area (Å²) in [7, 11) is 1.51. The molecule has 8 nitrogen and oxygen atoms in total. The van der Waals surface area contributed by atoms with E-state index in [0.29, 0.717) is 16.3 Å². The van der Waals surface area contributed by atoms with Gasteiger partial charge in [0.05, 0.1) is 23.3 Å². The Morgan fingerprint density at radius 2 is 2.08 bits per heavy atom. The first-order chi connectivity index (χ1) is 12.0. The number of amides is 1. The number of hydrogen-bond donors (Lipinski definition) is 1. The molecule has 0 aromatic heterocycles. The number of nitrogens with zero attached hydrogens (tertiary/aromatic N) is 2. The number of carbonyl (C=O) groups is 1. The number of halogens is 1. The summed E-state index contributed by atoms with van der Waals surface area (Å²) in [5.74, 6) is -0.0247. The number of benzene rings is 2. The van der Waals surface area contributed by atoms with Crippen LogP contribution in [0.4, 0.5) is 5.69 Å². The lowest BCUT2D eigenvalue weighted by Gasteiger charge is -2.05. The van der Waals surface area contributed by atoms with E-state index in [0.717, 1.165) is 0 Å². The Bertz CT molecular complexity index is 810. The molecule has 0 bridgehead atoms. The molecule has 0 fully saturated rings. The minimum atomic E-state index is -0.585. The van der Waals surface area contributed by atoms with Gasteiger partial charge in [-0.3, -0.25) is 14.9 Å². The van der Waals surface area contributed by atoms with E-state index < -0.39 is 17.4 Å². The average molecular weight is 364 g/mol. The summed E-state index contributed by atoms with van der Waals surface area (Å²) >= 11 is 5.98. The van der Waals surface area contributed by atoms with Gasteiger partial charge in [0.1, 0.15) is 5.75 Å². The van der Waals surface area contributed by atoms with Crippen LogP contribution < -0.4 is 14.9 Å². The van der Waals surface area contributed by atoms with Gasteiger partial charge in [0.15, 0.2) is 12.4 Å². The average Bonchev–Trinajstić information content (AvgIpc) is 2.60. The van der Waals surface area contributed by atoms with Crippen LogP contribution in [0.15, 0.2) is 47.6 Å². The number of para-hydroxylation sites is 2. The van der Waals surface area contributed by atoms with Crippen LogP contribution >= 0.6 is 11.6 Å². The number of nitro benzene ring substituents is 1. The summed E-state index contributed by atoms with van der Waals surface area (Å²) in [4.78, 5) is 22.0. The summed E-state index contributed by atoms with van der Waals surface area (Å²) in [6.07, 6.45) is 1.40. The highest BCUT2D eigenvalue weighted by Gasteiger charge is 2.14. The summed E-state index contributed by atoms with van der Waals surface area (Å²) in [5.41, 5.74) is 2.70. The Balaban J connectivity index is 1.89. The van der Waals surface area contributed by atoms with Crippen molar-refractivity contribution in [3.05, 3.63) is 63.2 Å². The minimum Gasteiger partial charge on any atom is -0.495 e. The Morgan fingerprint density at radius 1 is 1.32 bits per heavy atom. The van der Waals surface area contributed by atoms with E-state index in [-0.39, 0.29) is 11.4 Å². The number of nitro groups is 1. The molecule has 0 aliphatic heterocycles. The summed E-state index contributed by atoms with van der Waals surface area (Å²) in [6.45, 7) is -0.411. The lowest BCUT2D eigenvalue weighted by Crippen LogP contribution is -2.24. The number of hydrazone groups is 1. The van der Waals surface area contributed by atoms with Gasteiger partial charge >= 0.3 is 5.69 Å². The number of hydrogen-bond acceptors (Lipinski definition) is 6. The number of carbonyl (C=O) groups excluding carboxylic acids is 1. The highest BCUT2D eigenvalue weighted by Crippen LogP contribution is 2.25. The van der Waals surface area contributed by atoms with Gasteiger partial charge in [-0.25, -0.2) is 5.43 Å². The molecule has 0 saturated carbocycles. The van der Waals surface area contributed by atoms with Crippen LogP contribution in [0.3, 0.4) is 0 Å². The summed E-state index contributed by atoms with van der Waals surface area (Å²) in [6, 6.07) is 10.8. The van der Waals surface area contributed by atoms with Crippen LogP contribution in [0.2, 0.25) is 5.02 Å². The maximum Gasteiger partial charge on any atom is 0.310 e. The van der Waals surface area contributed by atoms with Gasteiger partial charge in [-0.15, -0.1) is 0 Å². The Kier molecular flexibility index (Phi) is 6.30. The fourth-order valence-electron chi connectivity index (χ4n) is 1.85. The first kappa shape index (κ1) is 18.2. The van der Waals surface area contributed by atoms with Gasteiger partial charge < -0.3 is 9.47 Å². The van der Waals surface area contributed by atoms with Gasteiger partial charge in [0.2, 0.25) is 0 Å². The third-order valence-electron chi connectivity index (χ3n) is 3.00. The molecule has 0 aliphatic rings. The standard InChI is InChI=1S/C16H14ClN3O5/c1-24-14-7-6-11(8-12(14)17)9-18-19-16(21)10-25-15-5-3-2-4-13(15)20(22)23/h2-9H,10H2,1H3,(H,19,21)/b18-9-. The number of nitrogens with one attached hydrogen (secondary N) is 1. The Morgan fingerprint density at radius 3 is 2.76 bits per heavy atom. The smallest absolute Gasteiger partial charge is 0.310 e. The first-order valence-electron chi connectivity index (χ1n) is 7.03. The maximum absolute atomic E-state index is 11.7. The van der Waals surface area contributed by atoms with Crippen molar-refractivity contribution < 1.29 is 19.2 Å². The molecule has 0 heterocycles. The van der Waals surface area contributed by atoms with Crippen molar-refractivity contribution in [2.75, 3.05) is 13.7 Å². The molecule has 0 saturated heterocycles. The van der Waals surface area contributed by atoms with Crippen molar-refractivity contribution in [2.45, 2.75) is 0 Å². The molecule has 1 amide bonds. The van der Waals surface area contributed by atoms with Crippen molar-refractivity contribution in [1.82, 2.24) is 5.43 Å². The molecule has 2 rings (SSSR count). The van der Waals surface area contributed by atoms with Crippen LogP contribution in [0.5, 0.6) is 11.5 Å². The van der Waals surface area contributed by atoms with E-state index in [2.05, 4.69) is 10.5 Å². The zero-order valence-corrected chi connectivity index (χ0v) is 13.9. The molecule has 2 aromatic rings. The van der Waals surface area contributed by atoms with E-state index >= 15 is 0 Å². The number of methoxy groups -OCH3 is 1. The number of ether oxygens (including phenoxy) is 2. The van der Waals surface area contributed by atoms with Crippen LogP contribution in [0, 0.1) is 10.1 Å². The minimum absolute atomic E-state index is 0.00793. The second-order valence-corrected chi connectivity index (χ2v) is 5.11. The van der Waals surface area contributed by atoms with Gasteiger partial charge in [-0.05, 0) is 29.8 Å². The van der Waals surface area contributed by atoms with Gasteiger partial charge in [-0.2, -0.15) is 5.10 Å². The second-order valence-electron chi connectivity index (χ2n) is 4.70. The zero-order valence-electron chi connectivity index (χ0n) is 13.1. The van der Waals surface area contributed by atoms with E-state index in [1.54, 1.807) is 24.3 Å². The topological polar surface area (TPSA) is 103 Å². The van der Waals surface area contributed by atoms with Crippen molar-refractivity contribution in [2.24, 2.45) is 5.10 Å². The molecule has 0 radical (unpaired) electrons. The number of rotatable bonds is 7. The van der Waals surface area contributed by atoms with Crippen molar-refractivity contribution in [3.63, 3.8) is 0 Å². The van der Waals surface area contributed by atoms with Crippen LogP contribution in [-0.4, -0.2) is 30.8 Å². The molecule has 130 valence electrons. The molecule has 2 aromatic carbocycles. The largest absolute Gasteiger partial charge is 0.495 e. The van der Waals surface area contributed by atoms with E-state index in [9.17, 15) is 14.9 Å². The predicted octanol–water partition coefficient (Wildman–Crippen LogP) is 2.79. The predicted molar refractivity (Wildman–Crippen MR) is 92.3 cm³/mol. The van der Waals surface area contributed by atoms with E-state index in [1.807, 2.05) is 0 Å². The third-order valence-corrected chi connectivity index (χ3v) is 3.29. The van der Waals surface area contributed by atoms with Crippen LogP contribution in [0.25, 0.3) is 0 Å². The van der Waals surface area contributed by atoms with Crippen molar-refractivity contribution in [3.8, 4) is 11.5 Å². The van der Waals surface area contributed by atoms with E-state index in [1.165, 1.54) is 31.5 Å². The monoisotopic (exact) mass is 363 g/mol. The maximum atomic E-state index is 11.7. The molecule has 0 spiro atoms. The molecular weight excluding hydrogens is 350 g/mol. The lowest BCUT2D eigenvalue weighted by atomic mass is 10.2. The summed E-state index contributed by atoms with van der Waals surface area (Å²) < 4.78 is 10.2. The van der Waals surface area contributed by atoms with Gasteiger partial charge in [0, 0.05) is 6.07 Å². The zero-order chi connectivity index (χ0) is 18.2. The third kappa shape index (κ3) is 5.18. The fraction of sp³-hybridized carbons (Fsp3) is 0.125. The first-order valence-corrected chi connectivity index (χ1v) is 7.40. The fourth-order valence-corrected chi connectivity index (χ4v) is 2.11. The Hall–Kier alpha value is -3.13. The molecule has 0 aliphatic carbocycles. The SMILES string of the molecule is COc1ccc(/C=N\NC(=O)COc2ccccc2[N+](=O)[O-])cc1Cl. The van der Waals surface area contributed by atoms with Gasteiger partial charge in [-0.1, -0.05) is 23.7 Å². The van der Waals surface area contributed by atoms with E-state index in [4.69, 9.17) is 21.1 Å². The van der Waals surface area contributed by atoms with Gasteiger partial charge in [0.25, 0.3) is 5.91 Å². The normalized spacial score (nSPS) is 10.5. The highest BCUT2D eigenvalue weighted by molar-refractivity contribution is 6.32. The molecule has 0 atom stereocenters. The molecular formula is C16H14ClN3O5. The Labute approximate surface area is 148 Å². The molecule has 0 unspecified atom stereocenters. The lowest BCUT2D eigenvalue weighted by molar-refractivity contribution is -0.385. The molecule has 1 N–H and O–H groups in total. The van der Waals surface area contributed by atoms with Crippen LogP contribution in [-0.2, 0) is 4.79 Å². The molecule has 9 heteroatoms. The quantitative estimate of drug-likeness (QED) is 0.463. The van der Waals surface area contributed by atoms with Crippen molar-refractivity contribution >= 4 is 29.4 Å². The van der Waals surface area contributed by atoms with Crippen LogP contribution in [0.1, 0.15) is 5.56 Å². The highest BCUT2D eigenvalue weighted by atomic mass is 35.5. The molecule has 25 heavy (non-hydrogen) atoms. The summed E-state index contributed by atoms with van der Waals surface area (Å²) in [5, 5.41) is 15.0.